The summed E-state index contributed by atoms with van der Waals surface area (Å²) in [7, 11) is 0. The second-order valence-electron chi connectivity index (χ2n) is 9.99. The molecular formula is C25H34IN3O4. The molecule has 8 heteroatoms. The monoisotopic (exact) mass is 567 g/mol. The Balaban J connectivity index is 1.71. The molecule has 0 saturated carbocycles. The highest BCUT2D eigenvalue weighted by Crippen LogP contribution is 2.46. The van der Waals surface area contributed by atoms with E-state index in [1.807, 2.05) is 52.0 Å². The first-order valence-electron chi connectivity index (χ1n) is 11.3. The van der Waals surface area contributed by atoms with E-state index in [1.165, 1.54) is 5.56 Å². The molecule has 2 aromatic rings. The third kappa shape index (κ3) is 5.59. The van der Waals surface area contributed by atoms with E-state index in [9.17, 15) is 14.7 Å². The maximum Gasteiger partial charge on any atom is 0.245 e. The minimum Gasteiger partial charge on any atom is -0.384 e. The average Bonchev–Trinajstić information content (AvgIpc) is 3.17. The van der Waals surface area contributed by atoms with E-state index in [0.717, 1.165) is 9.99 Å². The van der Waals surface area contributed by atoms with Crippen LogP contribution in [0, 0.1) is 18.3 Å². The number of nitrogens with one attached hydrogen (secondary N) is 1. The summed E-state index contributed by atoms with van der Waals surface area (Å²) in [4.78, 5) is 27.8. The van der Waals surface area contributed by atoms with Gasteiger partial charge in [-0.3, -0.25) is 9.59 Å². The quantitative estimate of drug-likeness (QED) is 0.393. The predicted octanol–water partition coefficient (Wildman–Crippen LogP) is 3.75. The van der Waals surface area contributed by atoms with Crippen molar-refractivity contribution in [3.8, 4) is 0 Å². The number of benzene rings is 1. The number of hydrogen-bond donors (Lipinski definition) is 2. The Labute approximate surface area is 209 Å². The Morgan fingerprint density at radius 1 is 1.27 bits per heavy atom. The summed E-state index contributed by atoms with van der Waals surface area (Å²) in [6, 6.07) is 9.16. The average molecular weight is 567 g/mol. The number of carbonyl (C=O) groups is 2. The summed E-state index contributed by atoms with van der Waals surface area (Å²) < 4.78 is 6.04. The number of likely N-dealkylation sites (tertiary alicyclic amines) is 1. The summed E-state index contributed by atoms with van der Waals surface area (Å²) in [6.07, 6.45) is 0.473. The van der Waals surface area contributed by atoms with Crippen LogP contribution in [-0.2, 0) is 26.0 Å². The van der Waals surface area contributed by atoms with Gasteiger partial charge < -0.3 is 19.8 Å². The molecule has 0 radical (unpaired) electrons. The van der Waals surface area contributed by atoms with Crippen molar-refractivity contribution in [3.05, 3.63) is 52.9 Å². The number of rotatable bonds is 7. The number of amides is 2. The molecular weight excluding hydrogens is 533 g/mol. The lowest BCUT2D eigenvalue weighted by atomic mass is 9.66. The van der Waals surface area contributed by atoms with Crippen LogP contribution in [0.25, 0.3) is 0 Å². The summed E-state index contributed by atoms with van der Waals surface area (Å²) in [5.41, 5.74) is 1.21. The Hall–Kier alpha value is -1.94. The first kappa shape index (κ1) is 25.7. The molecule has 1 saturated heterocycles. The second-order valence-corrected chi connectivity index (χ2v) is 10.7. The van der Waals surface area contributed by atoms with Crippen LogP contribution in [0.3, 0.4) is 0 Å². The summed E-state index contributed by atoms with van der Waals surface area (Å²) in [5.74, 6) is -0.0100. The van der Waals surface area contributed by atoms with Crippen LogP contribution in [0.5, 0.6) is 0 Å². The maximum atomic E-state index is 13.4. The van der Waals surface area contributed by atoms with Gasteiger partial charge in [0.1, 0.15) is 11.8 Å². The zero-order valence-corrected chi connectivity index (χ0v) is 22.2. The highest BCUT2D eigenvalue weighted by atomic mass is 127. The predicted molar refractivity (Wildman–Crippen MR) is 135 cm³/mol. The summed E-state index contributed by atoms with van der Waals surface area (Å²) in [5, 5.41) is 18.4. The molecule has 7 nitrogen and oxygen atoms in total. The minimum atomic E-state index is -1.03. The number of alkyl halides is 1. The van der Waals surface area contributed by atoms with Crippen LogP contribution >= 0.6 is 22.6 Å². The fraction of sp³-hybridized carbons (Fsp3) is 0.560. The largest absolute Gasteiger partial charge is 0.384 e. The normalized spacial score (nSPS) is 21.2. The molecule has 2 atom stereocenters. The first-order chi connectivity index (χ1) is 15.5. The van der Waals surface area contributed by atoms with E-state index in [1.54, 1.807) is 17.9 Å². The van der Waals surface area contributed by atoms with Gasteiger partial charge in [0.15, 0.2) is 0 Å². The molecule has 1 aromatic heterocycles. The Bertz CT molecular complexity index is 986. The van der Waals surface area contributed by atoms with Gasteiger partial charge in [0.05, 0.1) is 17.7 Å². The molecule has 0 bridgehead atoms. The minimum absolute atomic E-state index is 0.0375. The highest BCUT2D eigenvalue weighted by molar-refractivity contribution is 14.1. The van der Waals surface area contributed by atoms with Crippen molar-refractivity contribution < 1.29 is 19.2 Å². The van der Waals surface area contributed by atoms with Crippen molar-refractivity contribution in [2.45, 2.75) is 63.5 Å². The third-order valence-electron chi connectivity index (χ3n) is 6.61. The molecule has 1 aromatic carbocycles. The van der Waals surface area contributed by atoms with Crippen molar-refractivity contribution in [1.29, 1.82) is 0 Å². The zero-order chi connectivity index (χ0) is 24.4. The van der Waals surface area contributed by atoms with Crippen LogP contribution in [0.2, 0.25) is 0 Å². The van der Waals surface area contributed by atoms with Gasteiger partial charge in [0.25, 0.3) is 0 Å². The molecule has 0 spiro atoms. The van der Waals surface area contributed by atoms with E-state index in [2.05, 4.69) is 33.1 Å². The van der Waals surface area contributed by atoms with E-state index in [-0.39, 0.29) is 24.2 Å². The van der Waals surface area contributed by atoms with Crippen molar-refractivity contribution in [3.63, 3.8) is 0 Å². The molecule has 1 aliphatic heterocycles. The van der Waals surface area contributed by atoms with Crippen LogP contribution in [-0.4, -0.2) is 46.1 Å². The molecule has 0 aliphatic carbocycles. The van der Waals surface area contributed by atoms with Crippen LogP contribution < -0.4 is 5.32 Å². The van der Waals surface area contributed by atoms with Gasteiger partial charge >= 0.3 is 0 Å². The number of carbonyl (C=O) groups excluding carboxylic acids is 2. The van der Waals surface area contributed by atoms with E-state index < -0.39 is 17.1 Å². The fourth-order valence-electron chi connectivity index (χ4n) is 4.51. The van der Waals surface area contributed by atoms with Gasteiger partial charge in [-0.15, -0.1) is 0 Å². The highest BCUT2D eigenvalue weighted by Gasteiger charge is 2.50. The van der Waals surface area contributed by atoms with Crippen molar-refractivity contribution in [1.82, 2.24) is 15.4 Å². The van der Waals surface area contributed by atoms with Crippen LogP contribution in [0.4, 0.5) is 0 Å². The standard InChI is InChI=1S/C25H34IN3O4/c1-16(2)22(27-21(30)13-20-12-17(3)28-33-20)23(31)29-11-10-25(32,24(4,5)15-29)19-8-6-18(14-26)7-9-19/h6-9,12,16,22,32H,10-11,13-15H2,1-5H3,(H,27,30)/t22-,25+/m1/s1. The number of nitrogens with zero attached hydrogens (tertiary/aromatic N) is 2. The lowest BCUT2D eigenvalue weighted by molar-refractivity contribution is -0.156. The molecule has 33 heavy (non-hydrogen) atoms. The van der Waals surface area contributed by atoms with Crippen molar-refractivity contribution in [2.75, 3.05) is 13.1 Å². The van der Waals surface area contributed by atoms with E-state index >= 15 is 0 Å². The number of aromatic nitrogens is 1. The maximum absolute atomic E-state index is 13.4. The lowest BCUT2D eigenvalue weighted by Gasteiger charge is -2.51. The zero-order valence-electron chi connectivity index (χ0n) is 20.0. The fourth-order valence-corrected chi connectivity index (χ4v) is 5.02. The lowest BCUT2D eigenvalue weighted by Crippen LogP contribution is -2.60. The Morgan fingerprint density at radius 2 is 1.94 bits per heavy atom. The van der Waals surface area contributed by atoms with Crippen molar-refractivity contribution >= 4 is 34.4 Å². The second kappa shape index (κ2) is 10.1. The molecule has 0 unspecified atom stereocenters. The topological polar surface area (TPSA) is 95.7 Å². The van der Waals surface area contributed by atoms with Gasteiger partial charge in [-0.05, 0) is 30.4 Å². The molecule has 2 amide bonds. The number of hydrogen-bond acceptors (Lipinski definition) is 5. The van der Waals surface area contributed by atoms with Gasteiger partial charge in [-0.25, -0.2) is 0 Å². The van der Waals surface area contributed by atoms with Crippen LogP contribution in [0.1, 0.15) is 56.7 Å². The number of piperidine rings is 1. The van der Waals surface area contributed by atoms with Gasteiger partial charge in [0.2, 0.25) is 11.8 Å². The molecule has 2 N–H and O–H groups in total. The number of aliphatic hydroxyl groups is 1. The van der Waals surface area contributed by atoms with Gasteiger partial charge in [0, 0.05) is 29.0 Å². The summed E-state index contributed by atoms with van der Waals surface area (Å²) in [6.45, 7) is 10.4. The molecule has 3 rings (SSSR count). The number of aryl methyl sites for hydroxylation is 1. The summed E-state index contributed by atoms with van der Waals surface area (Å²) >= 11 is 2.32. The van der Waals surface area contributed by atoms with Gasteiger partial charge in [-0.2, -0.15) is 0 Å². The van der Waals surface area contributed by atoms with Crippen LogP contribution in [0.15, 0.2) is 34.9 Å². The first-order valence-corrected chi connectivity index (χ1v) is 12.9. The SMILES string of the molecule is Cc1cc(CC(=O)N[C@@H](C(=O)N2CC[C@](O)(c3ccc(CI)cc3)C(C)(C)C2)C(C)C)on1. The van der Waals surface area contributed by atoms with E-state index in [0.29, 0.717) is 31.0 Å². The Morgan fingerprint density at radius 3 is 2.45 bits per heavy atom. The Kier molecular flexibility index (Phi) is 7.88. The van der Waals surface area contributed by atoms with Crippen molar-refractivity contribution in [2.24, 2.45) is 11.3 Å². The molecule has 180 valence electrons. The smallest absolute Gasteiger partial charge is 0.245 e. The molecule has 2 heterocycles. The van der Waals surface area contributed by atoms with E-state index in [4.69, 9.17) is 4.52 Å². The molecule has 1 aliphatic rings. The molecule has 1 fully saturated rings. The number of halogens is 1. The van der Waals surface area contributed by atoms with Gasteiger partial charge in [-0.1, -0.05) is 79.7 Å². The third-order valence-corrected chi connectivity index (χ3v) is 7.49.